The van der Waals surface area contributed by atoms with Crippen LogP contribution in [0.1, 0.15) is 23.5 Å². The molecule has 0 aliphatic rings. The van der Waals surface area contributed by atoms with Crippen molar-refractivity contribution in [2.75, 3.05) is 6.54 Å². The summed E-state index contributed by atoms with van der Waals surface area (Å²) < 4.78 is 40.1. The minimum Gasteiger partial charge on any atom is -0.387 e. The van der Waals surface area contributed by atoms with Crippen LogP contribution in [0.15, 0.2) is 40.6 Å². The lowest BCUT2D eigenvalue weighted by Crippen LogP contribution is -2.28. The van der Waals surface area contributed by atoms with E-state index >= 15 is 0 Å². The molecule has 7 heteroatoms. The van der Waals surface area contributed by atoms with Crippen molar-refractivity contribution >= 4 is 21.4 Å². The van der Waals surface area contributed by atoms with Crippen molar-refractivity contribution in [1.29, 1.82) is 0 Å². The lowest BCUT2D eigenvalue weighted by Gasteiger charge is -2.12. The topological polar surface area (TPSA) is 66.4 Å². The third-order valence-corrected chi connectivity index (χ3v) is 6.13. The second-order valence-electron chi connectivity index (χ2n) is 4.46. The molecule has 2 rings (SSSR count). The number of halogens is 1. The Morgan fingerprint density at radius 1 is 1.29 bits per heavy atom. The van der Waals surface area contributed by atoms with Gasteiger partial charge in [0.2, 0.25) is 10.0 Å². The smallest absolute Gasteiger partial charge is 0.250 e. The average Bonchev–Trinajstić information content (AvgIpc) is 2.95. The summed E-state index contributed by atoms with van der Waals surface area (Å²) in [7, 11) is -3.68. The monoisotopic (exact) mass is 329 g/mol. The summed E-state index contributed by atoms with van der Waals surface area (Å²) in [6.45, 7) is 1.67. The van der Waals surface area contributed by atoms with Crippen molar-refractivity contribution in [3.8, 4) is 0 Å². The number of thiophene rings is 1. The number of aryl methyl sites for hydroxylation is 1. The van der Waals surface area contributed by atoms with Crippen LogP contribution in [0.2, 0.25) is 0 Å². The molecule has 2 aromatic rings. The van der Waals surface area contributed by atoms with Crippen molar-refractivity contribution in [3.05, 3.63) is 52.7 Å². The normalized spacial score (nSPS) is 13.3. The molecule has 0 spiro atoms. The van der Waals surface area contributed by atoms with Gasteiger partial charge in [0.25, 0.3) is 0 Å². The Labute approximate surface area is 127 Å². The first-order valence-electron chi connectivity index (χ1n) is 6.45. The molecule has 21 heavy (non-hydrogen) atoms. The first kappa shape index (κ1) is 16.1. The van der Waals surface area contributed by atoms with Crippen LogP contribution in [-0.2, 0) is 16.4 Å². The summed E-state index contributed by atoms with van der Waals surface area (Å²) in [6, 6.07) is 9.03. The fourth-order valence-electron chi connectivity index (χ4n) is 1.81. The molecular formula is C14H16FNO3S2. The summed E-state index contributed by atoms with van der Waals surface area (Å²) in [6.07, 6.45) is -0.468. The molecule has 1 heterocycles. The van der Waals surface area contributed by atoms with Crippen LogP contribution in [0, 0.1) is 5.82 Å². The van der Waals surface area contributed by atoms with Crippen LogP contribution in [0.4, 0.5) is 4.39 Å². The maximum absolute atomic E-state index is 13.5. The number of benzene rings is 1. The summed E-state index contributed by atoms with van der Waals surface area (Å²) in [5, 5.41) is 9.90. The van der Waals surface area contributed by atoms with Crippen LogP contribution in [0.5, 0.6) is 0 Å². The number of nitrogens with one attached hydrogen (secondary N) is 1. The van der Waals surface area contributed by atoms with E-state index in [1.165, 1.54) is 35.6 Å². The SMILES string of the molecule is CCc1ccc(S(=O)(=O)NCC(O)c2ccccc2F)s1. The first-order chi connectivity index (χ1) is 9.94. The maximum Gasteiger partial charge on any atom is 0.250 e. The Morgan fingerprint density at radius 2 is 2.00 bits per heavy atom. The van der Waals surface area contributed by atoms with Gasteiger partial charge in [0, 0.05) is 17.0 Å². The van der Waals surface area contributed by atoms with Gasteiger partial charge in [-0.15, -0.1) is 11.3 Å². The molecule has 0 saturated heterocycles. The van der Waals surface area contributed by atoms with Gasteiger partial charge >= 0.3 is 0 Å². The fraction of sp³-hybridized carbons (Fsp3) is 0.286. The van der Waals surface area contributed by atoms with Crippen LogP contribution in [-0.4, -0.2) is 20.1 Å². The first-order valence-corrected chi connectivity index (χ1v) is 8.75. The predicted octanol–water partition coefficient (Wildman–Crippen LogP) is 2.46. The van der Waals surface area contributed by atoms with E-state index in [0.717, 1.165) is 11.3 Å². The molecule has 2 N–H and O–H groups in total. The summed E-state index contributed by atoms with van der Waals surface area (Å²) in [4.78, 5) is 0.963. The van der Waals surface area contributed by atoms with E-state index in [2.05, 4.69) is 4.72 Å². The zero-order valence-corrected chi connectivity index (χ0v) is 13.0. The Morgan fingerprint density at radius 3 is 2.62 bits per heavy atom. The van der Waals surface area contributed by atoms with Gasteiger partial charge in [0.15, 0.2) is 0 Å². The summed E-state index contributed by atoms with van der Waals surface area (Å²) >= 11 is 1.18. The number of aliphatic hydroxyl groups excluding tert-OH is 1. The quantitative estimate of drug-likeness (QED) is 0.855. The molecule has 1 atom stereocenters. The number of sulfonamides is 1. The van der Waals surface area contributed by atoms with E-state index in [0.29, 0.717) is 0 Å². The van der Waals surface area contributed by atoms with E-state index in [1.54, 1.807) is 12.1 Å². The highest BCUT2D eigenvalue weighted by atomic mass is 32.2. The van der Waals surface area contributed by atoms with Crippen molar-refractivity contribution < 1.29 is 17.9 Å². The number of rotatable bonds is 6. The highest BCUT2D eigenvalue weighted by Crippen LogP contribution is 2.22. The van der Waals surface area contributed by atoms with E-state index in [9.17, 15) is 17.9 Å². The van der Waals surface area contributed by atoms with E-state index in [1.807, 2.05) is 6.92 Å². The third kappa shape index (κ3) is 3.88. The lowest BCUT2D eigenvalue weighted by atomic mass is 10.1. The highest BCUT2D eigenvalue weighted by molar-refractivity contribution is 7.91. The standard InChI is InChI=1S/C14H16FNO3S2/c1-2-10-7-8-14(20-10)21(18,19)16-9-13(17)11-5-3-4-6-12(11)15/h3-8,13,16-17H,2,9H2,1H3. The van der Waals surface area contributed by atoms with Crippen LogP contribution < -0.4 is 4.72 Å². The summed E-state index contributed by atoms with van der Waals surface area (Å²) in [5.41, 5.74) is 0.0700. The van der Waals surface area contributed by atoms with Crippen LogP contribution >= 0.6 is 11.3 Å². The molecule has 0 fully saturated rings. The molecule has 0 radical (unpaired) electrons. The molecule has 0 saturated carbocycles. The van der Waals surface area contributed by atoms with Gasteiger partial charge in [-0.2, -0.15) is 0 Å². The molecule has 4 nitrogen and oxygen atoms in total. The molecule has 0 bridgehead atoms. The zero-order chi connectivity index (χ0) is 15.5. The Bertz CT molecular complexity index is 713. The predicted molar refractivity (Wildman–Crippen MR) is 80.2 cm³/mol. The lowest BCUT2D eigenvalue weighted by molar-refractivity contribution is 0.177. The van der Waals surface area contributed by atoms with Gasteiger partial charge in [-0.1, -0.05) is 25.1 Å². The Kier molecular flexibility index (Phi) is 5.10. The van der Waals surface area contributed by atoms with Gasteiger partial charge in [0.05, 0.1) is 6.10 Å². The number of hydrogen-bond donors (Lipinski definition) is 2. The van der Waals surface area contributed by atoms with Crippen molar-refractivity contribution in [2.45, 2.75) is 23.7 Å². The third-order valence-electron chi connectivity index (χ3n) is 2.98. The van der Waals surface area contributed by atoms with E-state index in [4.69, 9.17) is 0 Å². The largest absolute Gasteiger partial charge is 0.387 e. The molecule has 0 aliphatic heterocycles. The molecule has 0 amide bonds. The van der Waals surface area contributed by atoms with E-state index in [-0.39, 0.29) is 16.3 Å². The molecule has 1 unspecified atom stereocenters. The van der Waals surface area contributed by atoms with Crippen LogP contribution in [0.25, 0.3) is 0 Å². The van der Waals surface area contributed by atoms with Crippen molar-refractivity contribution in [1.82, 2.24) is 4.72 Å². The van der Waals surface area contributed by atoms with Gasteiger partial charge in [0.1, 0.15) is 10.0 Å². The second kappa shape index (κ2) is 6.65. The zero-order valence-electron chi connectivity index (χ0n) is 11.4. The Hall–Kier alpha value is -1.28. The van der Waals surface area contributed by atoms with Gasteiger partial charge in [-0.3, -0.25) is 0 Å². The fourth-order valence-corrected chi connectivity index (χ4v) is 4.19. The molecule has 0 aliphatic carbocycles. The Balaban J connectivity index is 2.06. The number of aliphatic hydroxyl groups is 1. The minimum absolute atomic E-state index is 0.0700. The highest BCUT2D eigenvalue weighted by Gasteiger charge is 2.19. The summed E-state index contributed by atoms with van der Waals surface area (Å²) in [5.74, 6) is -0.561. The van der Waals surface area contributed by atoms with Gasteiger partial charge < -0.3 is 5.11 Å². The van der Waals surface area contributed by atoms with E-state index < -0.39 is 21.9 Å². The minimum atomic E-state index is -3.68. The molecular weight excluding hydrogens is 313 g/mol. The molecule has 1 aromatic heterocycles. The maximum atomic E-state index is 13.5. The van der Waals surface area contributed by atoms with Crippen LogP contribution in [0.3, 0.4) is 0 Å². The van der Waals surface area contributed by atoms with Gasteiger partial charge in [-0.25, -0.2) is 17.5 Å². The van der Waals surface area contributed by atoms with Crippen molar-refractivity contribution in [2.24, 2.45) is 0 Å². The molecule has 1 aromatic carbocycles. The molecule has 114 valence electrons. The van der Waals surface area contributed by atoms with Crippen molar-refractivity contribution in [3.63, 3.8) is 0 Å². The number of hydrogen-bond acceptors (Lipinski definition) is 4. The average molecular weight is 329 g/mol. The van der Waals surface area contributed by atoms with Gasteiger partial charge in [-0.05, 0) is 24.6 Å². The second-order valence-corrected chi connectivity index (χ2v) is 7.63.